The third-order valence-corrected chi connectivity index (χ3v) is 6.33. The number of ether oxygens (including phenoxy) is 1. The van der Waals surface area contributed by atoms with Crippen LogP contribution in [0.15, 0.2) is 48.5 Å². The SMILES string of the molecule is COc1ccc(CN(C(=O)CN(c2cccc(Cl)c2)S(C)(=O)=O)C(C)C(=O)NC(C)(C)C)cc1. The van der Waals surface area contributed by atoms with Crippen molar-refractivity contribution in [2.75, 3.05) is 24.2 Å². The summed E-state index contributed by atoms with van der Waals surface area (Å²) in [4.78, 5) is 27.8. The van der Waals surface area contributed by atoms with E-state index in [0.29, 0.717) is 10.8 Å². The third kappa shape index (κ3) is 7.92. The number of hydrogen-bond acceptors (Lipinski definition) is 5. The van der Waals surface area contributed by atoms with Crippen molar-refractivity contribution in [2.45, 2.75) is 45.8 Å². The predicted octanol–water partition coefficient (Wildman–Crippen LogP) is 3.45. The van der Waals surface area contributed by atoms with Crippen molar-refractivity contribution >= 4 is 39.1 Å². The van der Waals surface area contributed by atoms with Crippen LogP contribution in [0.2, 0.25) is 5.02 Å². The van der Waals surface area contributed by atoms with E-state index in [2.05, 4.69) is 5.32 Å². The molecule has 0 heterocycles. The predicted molar refractivity (Wildman–Crippen MR) is 135 cm³/mol. The molecule has 0 aliphatic carbocycles. The Morgan fingerprint density at radius 3 is 2.24 bits per heavy atom. The largest absolute Gasteiger partial charge is 0.497 e. The lowest BCUT2D eigenvalue weighted by molar-refractivity contribution is -0.140. The summed E-state index contributed by atoms with van der Waals surface area (Å²) in [6.07, 6.45) is 1.02. The van der Waals surface area contributed by atoms with Crippen molar-refractivity contribution in [3.8, 4) is 5.75 Å². The zero-order chi connectivity index (χ0) is 25.7. The monoisotopic (exact) mass is 509 g/mol. The molecule has 0 aromatic heterocycles. The Balaban J connectivity index is 2.40. The van der Waals surface area contributed by atoms with Crippen LogP contribution in [0.3, 0.4) is 0 Å². The minimum Gasteiger partial charge on any atom is -0.497 e. The maximum atomic E-state index is 13.5. The second-order valence-corrected chi connectivity index (χ2v) is 11.4. The number of benzene rings is 2. The van der Waals surface area contributed by atoms with Crippen LogP contribution in [-0.2, 0) is 26.2 Å². The number of hydrogen-bond donors (Lipinski definition) is 1. The van der Waals surface area contributed by atoms with Crippen LogP contribution >= 0.6 is 11.6 Å². The Kier molecular flexibility index (Phi) is 8.96. The fraction of sp³-hybridized carbons (Fsp3) is 0.417. The van der Waals surface area contributed by atoms with Gasteiger partial charge in [-0.05, 0) is 63.6 Å². The van der Waals surface area contributed by atoms with Crippen molar-refractivity contribution in [2.24, 2.45) is 0 Å². The summed E-state index contributed by atoms with van der Waals surface area (Å²) in [7, 11) is -2.25. The van der Waals surface area contributed by atoms with E-state index >= 15 is 0 Å². The average molecular weight is 510 g/mol. The van der Waals surface area contributed by atoms with Gasteiger partial charge >= 0.3 is 0 Å². The van der Waals surface area contributed by atoms with Gasteiger partial charge in [0, 0.05) is 17.1 Å². The van der Waals surface area contributed by atoms with E-state index in [1.165, 1.54) is 11.0 Å². The number of nitrogens with zero attached hydrogens (tertiary/aromatic N) is 2. The zero-order valence-electron chi connectivity index (χ0n) is 20.3. The smallest absolute Gasteiger partial charge is 0.244 e. The molecular formula is C24H32ClN3O5S. The number of halogens is 1. The van der Waals surface area contributed by atoms with E-state index < -0.39 is 34.1 Å². The first-order valence-corrected chi connectivity index (χ1v) is 12.9. The molecule has 0 saturated carbocycles. The molecular weight excluding hydrogens is 478 g/mol. The second kappa shape index (κ2) is 11.1. The molecule has 0 aliphatic heterocycles. The van der Waals surface area contributed by atoms with Gasteiger partial charge in [-0.15, -0.1) is 0 Å². The maximum Gasteiger partial charge on any atom is 0.244 e. The number of anilines is 1. The number of methoxy groups -OCH3 is 1. The molecule has 0 saturated heterocycles. The zero-order valence-corrected chi connectivity index (χ0v) is 21.9. The van der Waals surface area contributed by atoms with E-state index in [4.69, 9.17) is 16.3 Å². The molecule has 2 aromatic carbocycles. The molecule has 8 nitrogen and oxygen atoms in total. The van der Waals surface area contributed by atoms with Gasteiger partial charge in [-0.2, -0.15) is 0 Å². The average Bonchev–Trinajstić information content (AvgIpc) is 2.73. The van der Waals surface area contributed by atoms with Crippen LogP contribution in [0.4, 0.5) is 5.69 Å². The number of carbonyl (C=O) groups is 2. The van der Waals surface area contributed by atoms with Gasteiger partial charge < -0.3 is 15.0 Å². The Labute approximate surface area is 206 Å². The maximum absolute atomic E-state index is 13.5. The summed E-state index contributed by atoms with van der Waals surface area (Å²) in [6.45, 7) is 6.78. The lowest BCUT2D eigenvalue weighted by atomic mass is 10.1. The first-order valence-electron chi connectivity index (χ1n) is 10.7. The second-order valence-electron chi connectivity index (χ2n) is 9.03. The van der Waals surface area contributed by atoms with E-state index in [0.717, 1.165) is 16.1 Å². The van der Waals surface area contributed by atoms with E-state index in [9.17, 15) is 18.0 Å². The molecule has 34 heavy (non-hydrogen) atoms. The topological polar surface area (TPSA) is 96.0 Å². The van der Waals surface area contributed by atoms with Crippen LogP contribution < -0.4 is 14.4 Å². The number of sulfonamides is 1. The number of nitrogens with one attached hydrogen (secondary N) is 1. The van der Waals surface area contributed by atoms with Crippen molar-refractivity contribution in [1.82, 2.24) is 10.2 Å². The van der Waals surface area contributed by atoms with Gasteiger partial charge in [-0.25, -0.2) is 8.42 Å². The van der Waals surface area contributed by atoms with Crippen molar-refractivity contribution < 1.29 is 22.7 Å². The van der Waals surface area contributed by atoms with Gasteiger partial charge in [-0.3, -0.25) is 13.9 Å². The first-order chi connectivity index (χ1) is 15.7. The van der Waals surface area contributed by atoms with Crippen LogP contribution in [0.1, 0.15) is 33.3 Å². The summed E-state index contributed by atoms with van der Waals surface area (Å²) in [5.41, 5.74) is 0.525. The van der Waals surface area contributed by atoms with Crippen LogP contribution in [0.25, 0.3) is 0 Å². The number of carbonyl (C=O) groups excluding carboxylic acids is 2. The fourth-order valence-corrected chi connectivity index (χ4v) is 4.26. The first kappa shape index (κ1) is 27.5. The molecule has 1 N–H and O–H groups in total. The molecule has 0 aliphatic rings. The molecule has 0 radical (unpaired) electrons. The molecule has 2 amide bonds. The van der Waals surface area contributed by atoms with Crippen LogP contribution in [-0.4, -0.2) is 56.6 Å². The molecule has 1 unspecified atom stereocenters. The van der Waals surface area contributed by atoms with Crippen molar-refractivity contribution in [1.29, 1.82) is 0 Å². The quantitative estimate of drug-likeness (QED) is 0.558. The summed E-state index contributed by atoms with van der Waals surface area (Å²) in [5.74, 6) is -0.217. The lowest BCUT2D eigenvalue weighted by Crippen LogP contribution is -2.54. The number of rotatable bonds is 9. The molecule has 0 bridgehead atoms. The molecule has 2 aromatic rings. The summed E-state index contributed by atoms with van der Waals surface area (Å²) >= 11 is 6.04. The van der Waals surface area contributed by atoms with Crippen LogP contribution in [0.5, 0.6) is 5.75 Å². The third-order valence-electron chi connectivity index (χ3n) is 4.95. The van der Waals surface area contributed by atoms with Crippen molar-refractivity contribution in [3.63, 3.8) is 0 Å². The van der Waals surface area contributed by atoms with E-state index in [1.54, 1.807) is 56.5 Å². The van der Waals surface area contributed by atoms with Gasteiger partial charge in [0.2, 0.25) is 21.8 Å². The molecule has 2 rings (SSSR count). The van der Waals surface area contributed by atoms with Crippen LogP contribution in [0, 0.1) is 0 Å². The summed E-state index contributed by atoms with van der Waals surface area (Å²) < 4.78 is 31.2. The van der Waals surface area contributed by atoms with E-state index in [-0.39, 0.29) is 18.1 Å². The number of amides is 2. The Morgan fingerprint density at radius 1 is 1.12 bits per heavy atom. The van der Waals surface area contributed by atoms with Gasteiger partial charge in [-0.1, -0.05) is 29.8 Å². The van der Waals surface area contributed by atoms with E-state index in [1.807, 2.05) is 20.8 Å². The highest BCUT2D eigenvalue weighted by Crippen LogP contribution is 2.23. The standard InChI is InChI=1S/C24H32ClN3O5S/c1-17(23(30)26-24(2,3)4)27(15-18-10-12-21(33-5)13-11-18)22(29)16-28(34(6,31)32)20-9-7-8-19(25)14-20/h7-14,17H,15-16H2,1-6H3,(H,26,30). The Morgan fingerprint density at radius 2 is 1.74 bits per heavy atom. The molecule has 1 atom stereocenters. The summed E-state index contributed by atoms with van der Waals surface area (Å²) in [5, 5.41) is 3.22. The highest BCUT2D eigenvalue weighted by atomic mass is 35.5. The van der Waals surface area contributed by atoms with Gasteiger partial charge in [0.25, 0.3) is 0 Å². The highest BCUT2D eigenvalue weighted by molar-refractivity contribution is 7.92. The highest BCUT2D eigenvalue weighted by Gasteiger charge is 2.31. The minimum absolute atomic E-state index is 0.106. The lowest BCUT2D eigenvalue weighted by Gasteiger charge is -2.33. The molecule has 0 spiro atoms. The fourth-order valence-electron chi connectivity index (χ4n) is 3.23. The normalized spacial score (nSPS) is 12.6. The minimum atomic E-state index is -3.81. The van der Waals surface area contributed by atoms with Gasteiger partial charge in [0.1, 0.15) is 18.3 Å². The Bertz CT molecular complexity index is 1110. The molecule has 10 heteroatoms. The Hall–Kier alpha value is -2.78. The summed E-state index contributed by atoms with van der Waals surface area (Å²) in [6, 6.07) is 12.5. The molecule has 0 fully saturated rings. The van der Waals surface area contributed by atoms with Gasteiger partial charge in [0.15, 0.2) is 0 Å². The van der Waals surface area contributed by atoms with Crippen molar-refractivity contribution in [3.05, 3.63) is 59.1 Å². The van der Waals surface area contributed by atoms with Gasteiger partial charge in [0.05, 0.1) is 19.1 Å². The molecule has 186 valence electrons.